The molecule has 0 aromatic carbocycles. The summed E-state index contributed by atoms with van der Waals surface area (Å²) in [5.74, 6) is 0.654. The average molecular weight is 300 g/mol. The molecule has 0 aliphatic carbocycles. The van der Waals surface area contributed by atoms with Gasteiger partial charge < -0.3 is 10.2 Å². The Bertz CT molecular complexity index is 696. The van der Waals surface area contributed by atoms with Gasteiger partial charge in [-0.3, -0.25) is 9.48 Å². The number of amides is 1. The largest absolute Gasteiger partial charge is 0.349 e. The summed E-state index contributed by atoms with van der Waals surface area (Å²) in [6.45, 7) is 4.01. The van der Waals surface area contributed by atoms with Crippen molar-refractivity contribution in [2.75, 3.05) is 12.4 Å². The van der Waals surface area contributed by atoms with E-state index in [-0.39, 0.29) is 18.0 Å². The van der Waals surface area contributed by atoms with Gasteiger partial charge in [0.25, 0.3) is 0 Å². The molecule has 2 atom stereocenters. The smallest absolute Gasteiger partial charge is 0.225 e. The van der Waals surface area contributed by atoms with Gasteiger partial charge in [0.15, 0.2) is 0 Å². The van der Waals surface area contributed by atoms with Gasteiger partial charge in [-0.05, 0) is 19.9 Å². The van der Waals surface area contributed by atoms with Crippen LogP contribution in [0.15, 0.2) is 18.5 Å². The molecule has 7 heteroatoms. The number of nitrogens with zero attached hydrogens (tertiary/aromatic N) is 5. The zero-order valence-corrected chi connectivity index (χ0v) is 13.2. The summed E-state index contributed by atoms with van der Waals surface area (Å²) in [5, 5.41) is 7.77. The Kier molecular flexibility index (Phi) is 3.56. The molecule has 0 bridgehead atoms. The van der Waals surface area contributed by atoms with Gasteiger partial charge in [0.2, 0.25) is 11.9 Å². The number of rotatable bonds is 3. The highest BCUT2D eigenvalue weighted by Gasteiger charge is 2.41. The second-order valence-electron chi connectivity index (χ2n) is 5.68. The average Bonchev–Trinajstić information content (AvgIpc) is 2.89. The normalized spacial score (nSPS) is 21.5. The predicted molar refractivity (Wildman–Crippen MR) is 82.3 cm³/mol. The third kappa shape index (κ3) is 2.32. The van der Waals surface area contributed by atoms with Crippen molar-refractivity contribution in [3.63, 3.8) is 0 Å². The third-order valence-corrected chi connectivity index (χ3v) is 4.33. The van der Waals surface area contributed by atoms with Crippen molar-refractivity contribution in [2.45, 2.75) is 32.4 Å². The highest BCUT2D eigenvalue weighted by atomic mass is 16.2. The van der Waals surface area contributed by atoms with Gasteiger partial charge in [0.1, 0.15) is 0 Å². The fraction of sp³-hybridized carbons (Fsp3) is 0.467. The summed E-state index contributed by atoms with van der Waals surface area (Å²) in [7, 11) is 3.76. The SMILES string of the molecule is Cc1nn(C)c(C)c1[C@H]1[C@H](Nc2ncccn2)CC(=O)N1C. The molecule has 3 heterocycles. The number of aryl methyl sites for hydroxylation is 2. The molecule has 1 aliphatic rings. The number of nitrogens with one attached hydrogen (secondary N) is 1. The fourth-order valence-corrected chi connectivity index (χ4v) is 3.15. The highest BCUT2D eigenvalue weighted by molar-refractivity contribution is 5.81. The first-order valence-corrected chi connectivity index (χ1v) is 7.28. The Morgan fingerprint density at radius 3 is 2.50 bits per heavy atom. The van der Waals surface area contributed by atoms with E-state index in [1.807, 2.05) is 32.6 Å². The van der Waals surface area contributed by atoms with Gasteiger partial charge in [0.05, 0.1) is 17.8 Å². The minimum absolute atomic E-state index is 0.0648. The van der Waals surface area contributed by atoms with E-state index in [1.54, 1.807) is 23.4 Å². The van der Waals surface area contributed by atoms with Crippen LogP contribution in [0, 0.1) is 13.8 Å². The summed E-state index contributed by atoms with van der Waals surface area (Å²) in [4.78, 5) is 22.4. The molecule has 1 amide bonds. The predicted octanol–water partition coefficient (Wildman–Crippen LogP) is 1.21. The third-order valence-electron chi connectivity index (χ3n) is 4.33. The van der Waals surface area contributed by atoms with Crippen molar-refractivity contribution in [1.29, 1.82) is 0 Å². The summed E-state index contributed by atoms with van der Waals surface area (Å²) in [6.07, 6.45) is 3.80. The lowest BCUT2D eigenvalue weighted by Crippen LogP contribution is -2.31. The monoisotopic (exact) mass is 300 g/mol. The number of hydrogen-bond donors (Lipinski definition) is 1. The quantitative estimate of drug-likeness (QED) is 0.922. The maximum atomic E-state index is 12.2. The van der Waals surface area contributed by atoms with Gasteiger partial charge >= 0.3 is 0 Å². The lowest BCUT2D eigenvalue weighted by molar-refractivity contribution is -0.127. The van der Waals surface area contributed by atoms with E-state index in [9.17, 15) is 4.79 Å². The molecule has 1 aliphatic heterocycles. The van der Waals surface area contributed by atoms with E-state index in [0.717, 1.165) is 17.0 Å². The lowest BCUT2D eigenvalue weighted by Gasteiger charge is -2.26. The van der Waals surface area contributed by atoms with Crippen molar-refractivity contribution in [2.24, 2.45) is 7.05 Å². The maximum Gasteiger partial charge on any atom is 0.225 e. The Balaban J connectivity index is 1.97. The molecule has 0 spiro atoms. The number of carbonyl (C=O) groups excluding carboxylic acids is 1. The number of hydrogen-bond acceptors (Lipinski definition) is 5. The molecule has 2 aromatic rings. The Hall–Kier alpha value is -2.44. The molecule has 7 nitrogen and oxygen atoms in total. The van der Waals surface area contributed by atoms with Gasteiger partial charge in [-0.2, -0.15) is 5.10 Å². The van der Waals surface area contributed by atoms with Crippen molar-refractivity contribution < 1.29 is 4.79 Å². The molecule has 0 unspecified atom stereocenters. The first-order chi connectivity index (χ1) is 10.5. The molecule has 2 aromatic heterocycles. The molecule has 22 heavy (non-hydrogen) atoms. The second kappa shape index (κ2) is 5.40. The van der Waals surface area contributed by atoms with Gasteiger partial charge in [-0.25, -0.2) is 9.97 Å². The number of carbonyl (C=O) groups is 1. The lowest BCUT2D eigenvalue weighted by atomic mass is 9.98. The topological polar surface area (TPSA) is 75.9 Å². The number of likely N-dealkylation sites (tertiary alicyclic amines) is 1. The van der Waals surface area contributed by atoms with E-state index in [4.69, 9.17) is 0 Å². The van der Waals surface area contributed by atoms with Crippen molar-refractivity contribution in [1.82, 2.24) is 24.6 Å². The van der Waals surface area contributed by atoms with Crippen LogP contribution >= 0.6 is 0 Å². The summed E-state index contributed by atoms with van der Waals surface area (Å²) in [6, 6.07) is 1.63. The number of likely N-dealkylation sites (N-methyl/N-ethyl adjacent to an activating group) is 1. The minimum atomic E-state index is -0.0681. The Morgan fingerprint density at radius 2 is 1.91 bits per heavy atom. The van der Waals surface area contributed by atoms with Crippen LogP contribution < -0.4 is 5.32 Å². The summed E-state index contributed by atoms with van der Waals surface area (Å²) >= 11 is 0. The van der Waals surface area contributed by atoms with Crippen LogP contribution in [0.1, 0.15) is 29.4 Å². The van der Waals surface area contributed by atoms with Crippen LogP contribution in [-0.2, 0) is 11.8 Å². The van der Waals surface area contributed by atoms with Gasteiger partial charge in [-0.15, -0.1) is 0 Å². The first-order valence-electron chi connectivity index (χ1n) is 7.28. The van der Waals surface area contributed by atoms with E-state index in [0.29, 0.717) is 12.4 Å². The molecule has 1 N–H and O–H groups in total. The van der Waals surface area contributed by atoms with Crippen LogP contribution in [0.5, 0.6) is 0 Å². The van der Waals surface area contributed by atoms with E-state index in [1.165, 1.54) is 0 Å². The molecule has 1 fully saturated rings. The minimum Gasteiger partial charge on any atom is -0.349 e. The zero-order chi connectivity index (χ0) is 15.9. The maximum absolute atomic E-state index is 12.2. The molecular formula is C15H20N6O. The van der Waals surface area contributed by atoms with Gasteiger partial charge in [-0.1, -0.05) is 0 Å². The zero-order valence-electron chi connectivity index (χ0n) is 13.2. The van der Waals surface area contributed by atoms with E-state index in [2.05, 4.69) is 20.4 Å². The first kappa shape index (κ1) is 14.5. The standard InChI is InChI=1S/C15H20N6O/c1-9-13(10(2)21(4)19-9)14-11(8-12(22)20(14)3)18-15-16-6-5-7-17-15/h5-7,11,14H,8H2,1-4H3,(H,16,17,18)/t11-,14-/m1/s1. The highest BCUT2D eigenvalue weighted by Crippen LogP contribution is 2.36. The Labute approximate surface area is 129 Å². The van der Waals surface area contributed by atoms with E-state index >= 15 is 0 Å². The van der Waals surface area contributed by atoms with Crippen LogP contribution in [0.2, 0.25) is 0 Å². The summed E-state index contributed by atoms with van der Waals surface area (Å²) < 4.78 is 1.86. The molecule has 3 rings (SSSR count). The van der Waals surface area contributed by atoms with E-state index < -0.39 is 0 Å². The van der Waals surface area contributed by atoms with Crippen molar-refractivity contribution in [3.8, 4) is 0 Å². The van der Waals surface area contributed by atoms with Crippen LogP contribution in [0.3, 0.4) is 0 Å². The fourth-order valence-electron chi connectivity index (χ4n) is 3.15. The summed E-state index contributed by atoms with van der Waals surface area (Å²) in [5.41, 5.74) is 3.13. The molecule has 1 saturated heterocycles. The molecule has 116 valence electrons. The molecular weight excluding hydrogens is 280 g/mol. The van der Waals surface area contributed by atoms with Gasteiger partial charge in [0, 0.05) is 44.2 Å². The Morgan fingerprint density at radius 1 is 1.23 bits per heavy atom. The number of anilines is 1. The van der Waals surface area contributed by atoms with Crippen molar-refractivity contribution >= 4 is 11.9 Å². The molecule has 0 saturated carbocycles. The van der Waals surface area contributed by atoms with Crippen molar-refractivity contribution in [3.05, 3.63) is 35.4 Å². The number of aromatic nitrogens is 4. The van der Waals surface area contributed by atoms with Crippen LogP contribution in [-0.4, -0.2) is 43.6 Å². The second-order valence-corrected chi connectivity index (χ2v) is 5.68. The van der Waals surface area contributed by atoms with Crippen LogP contribution in [0.4, 0.5) is 5.95 Å². The van der Waals surface area contributed by atoms with Crippen LogP contribution in [0.25, 0.3) is 0 Å². The molecule has 0 radical (unpaired) electrons.